The van der Waals surface area contributed by atoms with E-state index in [1.165, 1.54) is 24.8 Å². The topological polar surface area (TPSA) is 50.4 Å². The van der Waals surface area contributed by atoms with Gasteiger partial charge in [0.15, 0.2) is 5.11 Å². The Hall–Kier alpha value is -1.15. The normalized spacial score (nSPS) is 13.9. The average molecular weight is 488 g/mol. The molecule has 27 heavy (non-hydrogen) atoms. The molecular weight excluding hydrogens is 468 g/mol. The third-order valence-electron chi connectivity index (χ3n) is 4.47. The number of benzene rings is 1. The second-order valence-electron chi connectivity index (χ2n) is 6.32. The number of ether oxygens (including phenoxy) is 1. The predicted octanol–water partition coefficient (Wildman–Crippen LogP) is 6.42. The minimum absolute atomic E-state index is 0.315. The molecule has 0 atom stereocenters. The van der Waals surface area contributed by atoms with Crippen molar-refractivity contribution in [2.45, 2.75) is 38.5 Å². The van der Waals surface area contributed by atoms with Crippen LogP contribution in [0.3, 0.4) is 0 Å². The molecule has 144 valence electrons. The fourth-order valence-electron chi connectivity index (χ4n) is 3.16. The van der Waals surface area contributed by atoms with E-state index in [0.717, 1.165) is 46.4 Å². The highest BCUT2D eigenvalue weighted by molar-refractivity contribution is 9.10. The fourth-order valence-corrected chi connectivity index (χ4v) is 5.16. The first-order chi connectivity index (χ1) is 13.0. The first kappa shape index (κ1) is 20.6. The number of halogens is 2. The molecule has 2 aromatic rings. The van der Waals surface area contributed by atoms with Crippen molar-refractivity contribution in [1.29, 1.82) is 0 Å². The second-order valence-corrected chi connectivity index (χ2v) is 9.10. The van der Waals surface area contributed by atoms with Gasteiger partial charge in [-0.25, -0.2) is 4.79 Å². The molecule has 1 aromatic carbocycles. The molecule has 0 fully saturated rings. The summed E-state index contributed by atoms with van der Waals surface area (Å²) < 4.78 is 5.86. The predicted molar refractivity (Wildman–Crippen MR) is 121 cm³/mol. The zero-order valence-electron chi connectivity index (χ0n) is 14.9. The van der Waals surface area contributed by atoms with Gasteiger partial charge in [0.1, 0.15) is 5.00 Å². The van der Waals surface area contributed by atoms with Gasteiger partial charge in [-0.15, -0.1) is 11.3 Å². The zero-order chi connectivity index (χ0) is 19.4. The third-order valence-corrected chi connectivity index (χ3v) is 7.11. The van der Waals surface area contributed by atoms with Crippen molar-refractivity contribution in [1.82, 2.24) is 0 Å². The van der Waals surface area contributed by atoms with Crippen molar-refractivity contribution in [3.63, 3.8) is 0 Å². The molecular formula is C19H20BrClN2O2S2. The van der Waals surface area contributed by atoms with E-state index < -0.39 is 0 Å². The molecule has 0 spiro atoms. The van der Waals surface area contributed by atoms with Gasteiger partial charge in [0, 0.05) is 15.0 Å². The van der Waals surface area contributed by atoms with Crippen molar-refractivity contribution in [2.75, 3.05) is 17.7 Å². The van der Waals surface area contributed by atoms with Crippen LogP contribution in [0.15, 0.2) is 22.7 Å². The van der Waals surface area contributed by atoms with Crippen LogP contribution in [0.4, 0.5) is 10.7 Å². The van der Waals surface area contributed by atoms with Gasteiger partial charge in [-0.2, -0.15) is 0 Å². The highest BCUT2D eigenvalue weighted by atomic mass is 79.9. The third kappa shape index (κ3) is 5.02. The van der Waals surface area contributed by atoms with Gasteiger partial charge in [0.2, 0.25) is 0 Å². The lowest BCUT2D eigenvalue weighted by Crippen LogP contribution is -2.20. The van der Waals surface area contributed by atoms with E-state index in [2.05, 4.69) is 26.6 Å². The van der Waals surface area contributed by atoms with E-state index in [-0.39, 0.29) is 5.97 Å². The average Bonchev–Trinajstić information content (AvgIpc) is 2.93. The Balaban J connectivity index is 1.84. The van der Waals surface area contributed by atoms with Crippen LogP contribution in [-0.2, 0) is 17.6 Å². The summed E-state index contributed by atoms with van der Waals surface area (Å²) in [6.45, 7) is 0. The van der Waals surface area contributed by atoms with Crippen molar-refractivity contribution >= 4 is 72.9 Å². The van der Waals surface area contributed by atoms with E-state index in [9.17, 15) is 4.79 Å². The van der Waals surface area contributed by atoms with Crippen molar-refractivity contribution in [2.24, 2.45) is 0 Å². The number of thiophene rings is 1. The summed E-state index contributed by atoms with van der Waals surface area (Å²) in [6, 6.07) is 5.51. The van der Waals surface area contributed by atoms with Crippen molar-refractivity contribution in [3.05, 3.63) is 43.7 Å². The SMILES string of the molecule is COC(=O)c1c(NC(=S)Nc2ccc(Br)c(Cl)c2)sc2c1CCCCCC2. The molecule has 0 radical (unpaired) electrons. The van der Waals surface area contributed by atoms with Gasteiger partial charge < -0.3 is 15.4 Å². The number of aryl methyl sites for hydroxylation is 1. The number of rotatable bonds is 3. The molecule has 2 N–H and O–H groups in total. The lowest BCUT2D eigenvalue weighted by molar-refractivity contribution is 0.0601. The standard InChI is InChI=1S/C19H20BrClN2O2S2/c1-25-18(24)16-12-6-4-2-3-5-7-15(12)27-17(16)23-19(26)22-11-8-9-13(20)14(21)10-11/h8-10H,2-7H2,1H3,(H2,22,23,26). The van der Waals surface area contributed by atoms with Gasteiger partial charge in [0.05, 0.1) is 17.7 Å². The number of carbonyl (C=O) groups is 1. The molecule has 1 heterocycles. The summed E-state index contributed by atoms with van der Waals surface area (Å²) >= 11 is 16.6. The van der Waals surface area contributed by atoms with E-state index in [4.69, 9.17) is 28.6 Å². The summed E-state index contributed by atoms with van der Waals surface area (Å²) in [5, 5.41) is 8.06. The molecule has 0 saturated carbocycles. The van der Waals surface area contributed by atoms with Crippen molar-refractivity contribution < 1.29 is 9.53 Å². The van der Waals surface area contributed by atoms with Gasteiger partial charge in [-0.1, -0.05) is 24.4 Å². The van der Waals surface area contributed by atoms with Crippen LogP contribution in [0, 0.1) is 0 Å². The first-order valence-corrected chi connectivity index (χ1v) is 11.1. The number of anilines is 2. The second kappa shape index (κ2) is 9.37. The quantitative estimate of drug-likeness (QED) is 0.386. The lowest BCUT2D eigenvalue weighted by atomic mass is 9.96. The maximum Gasteiger partial charge on any atom is 0.341 e. The molecule has 0 bridgehead atoms. The summed E-state index contributed by atoms with van der Waals surface area (Å²) in [6.07, 6.45) is 6.57. The lowest BCUT2D eigenvalue weighted by Gasteiger charge is -2.12. The maximum atomic E-state index is 12.4. The molecule has 0 saturated heterocycles. The molecule has 3 rings (SSSR count). The number of nitrogens with one attached hydrogen (secondary N) is 2. The van der Waals surface area contributed by atoms with E-state index in [1.807, 2.05) is 12.1 Å². The smallest absolute Gasteiger partial charge is 0.341 e. The number of thiocarbonyl (C=S) groups is 1. The van der Waals surface area contributed by atoms with Crippen LogP contribution in [-0.4, -0.2) is 18.2 Å². The van der Waals surface area contributed by atoms with Crippen LogP contribution < -0.4 is 10.6 Å². The molecule has 1 aromatic heterocycles. The van der Waals surface area contributed by atoms with Crippen LogP contribution in [0.25, 0.3) is 0 Å². The fraction of sp³-hybridized carbons (Fsp3) is 0.368. The highest BCUT2D eigenvalue weighted by Gasteiger charge is 2.25. The molecule has 0 aliphatic heterocycles. The number of esters is 1. The van der Waals surface area contributed by atoms with E-state index in [1.54, 1.807) is 17.4 Å². The van der Waals surface area contributed by atoms with Gasteiger partial charge in [-0.05, 0) is 77.6 Å². The van der Waals surface area contributed by atoms with E-state index in [0.29, 0.717) is 15.7 Å². The minimum Gasteiger partial charge on any atom is -0.465 e. The van der Waals surface area contributed by atoms with Gasteiger partial charge >= 0.3 is 5.97 Å². The molecule has 1 aliphatic carbocycles. The molecule has 8 heteroatoms. The summed E-state index contributed by atoms with van der Waals surface area (Å²) in [5.41, 5.74) is 2.51. The molecule has 4 nitrogen and oxygen atoms in total. The molecule has 1 aliphatic rings. The number of methoxy groups -OCH3 is 1. The molecule has 0 unspecified atom stereocenters. The number of fused-ring (bicyclic) bond motifs is 1. The number of carbonyl (C=O) groups excluding carboxylic acids is 1. The molecule has 0 amide bonds. The van der Waals surface area contributed by atoms with Crippen LogP contribution in [0.1, 0.15) is 46.5 Å². The summed E-state index contributed by atoms with van der Waals surface area (Å²) in [5.74, 6) is -0.315. The Kier molecular flexibility index (Phi) is 7.14. The van der Waals surface area contributed by atoms with Crippen LogP contribution in [0.2, 0.25) is 5.02 Å². The zero-order valence-corrected chi connectivity index (χ0v) is 18.8. The number of hydrogen-bond acceptors (Lipinski definition) is 4. The van der Waals surface area contributed by atoms with Crippen LogP contribution >= 0.6 is 51.1 Å². The minimum atomic E-state index is -0.315. The summed E-state index contributed by atoms with van der Waals surface area (Å²) in [4.78, 5) is 13.7. The number of hydrogen-bond donors (Lipinski definition) is 2. The Morgan fingerprint density at radius 1 is 1.22 bits per heavy atom. The Labute approximate surface area is 181 Å². The van der Waals surface area contributed by atoms with Gasteiger partial charge in [0.25, 0.3) is 0 Å². The maximum absolute atomic E-state index is 12.4. The van der Waals surface area contributed by atoms with Gasteiger partial charge in [-0.3, -0.25) is 0 Å². The first-order valence-electron chi connectivity index (χ1n) is 8.75. The van der Waals surface area contributed by atoms with Crippen LogP contribution in [0.5, 0.6) is 0 Å². The largest absolute Gasteiger partial charge is 0.465 e. The summed E-state index contributed by atoms with van der Waals surface area (Å²) in [7, 11) is 1.42. The van der Waals surface area contributed by atoms with E-state index >= 15 is 0 Å². The highest BCUT2D eigenvalue weighted by Crippen LogP contribution is 2.37. The monoisotopic (exact) mass is 486 g/mol. The Morgan fingerprint density at radius 2 is 1.96 bits per heavy atom. The Morgan fingerprint density at radius 3 is 2.67 bits per heavy atom. The van der Waals surface area contributed by atoms with Crippen molar-refractivity contribution in [3.8, 4) is 0 Å². The Bertz CT molecular complexity index is 870.